The molecule has 1 aliphatic carbocycles. The normalized spacial score (nSPS) is 36.7. The molecule has 1 heterocycles. The van der Waals surface area contributed by atoms with Crippen molar-refractivity contribution in [3.8, 4) is 0 Å². The lowest BCUT2D eigenvalue weighted by atomic mass is 9.71. The van der Waals surface area contributed by atoms with E-state index in [4.69, 9.17) is 15.3 Å². The molecule has 3 nitrogen and oxygen atoms in total. The van der Waals surface area contributed by atoms with Gasteiger partial charge in [-0.05, 0) is 18.9 Å². The molecule has 0 radical (unpaired) electrons. The Labute approximate surface area is 64.8 Å². The van der Waals surface area contributed by atoms with Crippen molar-refractivity contribution >= 4 is 0 Å². The van der Waals surface area contributed by atoms with E-state index in [1.165, 1.54) is 0 Å². The van der Waals surface area contributed by atoms with Crippen LogP contribution in [0.4, 0.5) is 0 Å². The zero-order chi connectivity index (χ0) is 7.90. The maximum atomic E-state index is 9.07. The molecule has 0 aromatic carbocycles. The van der Waals surface area contributed by atoms with Crippen molar-refractivity contribution in [3.63, 3.8) is 0 Å². The highest BCUT2D eigenvalue weighted by Gasteiger charge is 2.41. The maximum Gasteiger partial charge on any atom is 0.0953 e. The van der Waals surface area contributed by atoms with Gasteiger partial charge < -0.3 is 15.3 Å². The first kappa shape index (κ1) is 6.88. The fourth-order valence-corrected chi connectivity index (χ4v) is 1.56. The summed E-state index contributed by atoms with van der Waals surface area (Å²) in [7, 11) is 0. The van der Waals surface area contributed by atoms with Crippen molar-refractivity contribution in [2.24, 2.45) is 5.73 Å². The number of hydrogen-bond acceptors (Lipinski definition) is 3. The molecule has 0 saturated heterocycles. The number of aliphatic hydroxyl groups is 1. The fraction of sp³-hybridized carbons (Fsp3) is 0.500. The molecule has 3 heteroatoms. The Kier molecular flexibility index (Phi) is 1.31. The predicted octanol–water partition coefficient (Wildman–Crippen LogP) is 0.588. The van der Waals surface area contributed by atoms with Crippen LogP contribution in [0.2, 0.25) is 0 Å². The number of rotatable bonds is 1. The third kappa shape index (κ3) is 0.968. The van der Waals surface area contributed by atoms with Crippen LogP contribution in [0.5, 0.6) is 0 Å². The van der Waals surface area contributed by atoms with Gasteiger partial charge >= 0.3 is 0 Å². The Morgan fingerprint density at radius 3 is 2.82 bits per heavy atom. The number of aliphatic hydroxyl groups excluding tert-OH is 1. The van der Waals surface area contributed by atoms with Crippen molar-refractivity contribution in [2.45, 2.75) is 24.5 Å². The van der Waals surface area contributed by atoms with Crippen LogP contribution in [-0.2, 0) is 5.54 Å². The minimum absolute atomic E-state index is 0.227. The molecule has 1 aromatic heterocycles. The number of hydrogen-bond donors (Lipinski definition) is 2. The van der Waals surface area contributed by atoms with Gasteiger partial charge in [0, 0.05) is 11.1 Å². The Hall–Kier alpha value is -0.800. The van der Waals surface area contributed by atoms with Crippen LogP contribution in [0, 0.1) is 0 Å². The van der Waals surface area contributed by atoms with E-state index in [9.17, 15) is 0 Å². The van der Waals surface area contributed by atoms with Crippen LogP contribution in [-0.4, -0.2) is 11.2 Å². The minimum atomic E-state index is -0.327. The molecule has 0 unspecified atom stereocenters. The van der Waals surface area contributed by atoms with Gasteiger partial charge in [-0.1, -0.05) is 0 Å². The van der Waals surface area contributed by atoms with E-state index >= 15 is 0 Å². The van der Waals surface area contributed by atoms with Gasteiger partial charge in [0.15, 0.2) is 0 Å². The monoisotopic (exact) mass is 153 g/mol. The number of nitrogens with two attached hydrogens (primary N) is 1. The van der Waals surface area contributed by atoms with Gasteiger partial charge in [-0.25, -0.2) is 0 Å². The van der Waals surface area contributed by atoms with E-state index in [0.717, 1.165) is 5.56 Å². The van der Waals surface area contributed by atoms with E-state index in [-0.39, 0.29) is 11.6 Å². The van der Waals surface area contributed by atoms with E-state index < -0.39 is 0 Å². The Morgan fingerprint density at radius 2 is 2.36 bits per heavy atom. The largest absolute Gasteiger partial charge is 0.472 e. The summed E-state index contributed by atoms with van der Waals surface area (Å²) in [5.41, 5.74) is 6.60. The zero-order valence-corrected chi connectivity index (χ0v) is 6.16. The Balaban J connectivity index is 2.18. The molecule has 0 spiro atoms. The van der Waals surface area contributed by atoms with E-state index in [0.29, 0.717) is 12.8 Å². The van der Waals surface area contributed by atoms with E-state index in [1.807, 2.05) is 6.07 Å². The lowest BCUT2D eigenvalue weighted by Crippen LogP contribution is -2.51. The van der Waals surface area contributed by atoms with Crippen LogP contribution < -0.4 is 5.73 Å². The van der Waals surface area contributed by atoms with Crippen LogP contribution in [0.3, 0.4) is 0 Å². The molecule has 0 amide bonds. The summed E-state index contributed by atoms with van der Waals surface area (Å²) < 4.78 is 4.91. The van der Waals surface area contributed by atoms with Gasteiger partial charge in [0.1, 0.15) is 0 Å². The standard InChI is InChI=1S/C8H11NO2/c9-8(3-7(10)4-8)6-1-2-11-5-6/h1-2,5,7,10H,3-4,9H2. The summed E-state index contributed by atoms with van der Waals surface area (Å²) in [4.78, 5) is 0. The molecule has 0 bridgehead atoms. The smallest absolute Gasteiger partial charge is 0.0953 e. The first-order chi connectivity index (χ1) is 5.21. The second-order valence-corrected chi connectivity index (χ2v) is 3.23. The van der Waals surface area contributed by atoms with Gasteiger partial charge in [-0.2, -0.15) is 0 Å². The van der Waals surface area contributed by atoms with E-state index in [2.05, 4.69) is 0 Å². The first-order valence-corrected chi connectivity index (χ1v) is 3.70. The molecule has 1 fully saturated rings. The molecule has 2 rings (SSSR count). The highest BCUT2D eigenvalue weighted by atomic mass is 16.3. The Morgan fingerprint density at radius 1 is 1.64 bits per heavy atom. The summed E-state index contributed by atoms with van der Waals surface area (Å²) in [5, 5.41) is 9.07. The summed E-state index contributed by atoms with van der Waals surface area (Å²) in [6.45, 7) is 0. The molecular formula is C8H11NO2. The van der Waals surface area contributed by atoms with Crippen molar-refractivity contribution < 1.29 is 9.52 Å². The average Bonchev–Trinajstić information content (AvgIpc) is 2.34. The highest BCUT2D eigenvalue weighted by Crippen LogP contribution is 2.38. The predicted molar refractivity (Wildman–Crippen MR) is 39.8 cm³/mol. The second-order valence-electron chi connectivity index (χ2n) is 3.23. The summed E-state index contributed by atoms with van der Waals surface area (Å²) in [5.74, 6) is 0. The van der Waals surface area contributed by atoms with Crippen LogP contribution in [0.15, 0.2) is 23.0 Å². The van der Waals surface area contributed by atoms with Crippen LogP contribution in [0.25, 0.3) is 0 Å². The zero-order valence-electron chi connectivity index (χ0n) is 6.16. The molecule has 11 heavy (non-hydrogen) atoms. The molecule has 60 valence electrons. The lowest BCUT2D eigenvalue weighted by Gasteiger charge is -2.41. The molecule has 1 aliphatic rings. The topological polar surface area (TPSA) is 59.4 Å². The van der Waals surface area contributed by atoms with E-state index in [1.54, 1.807) is 12.5 Å². The third-order valence-electron chi connectivity index (χ3n) is 2.30. The quantitative estimate of drug-likeness (QED) is 0.620. The third-order valence-corrected chi connectivity index (χ3v) is 2.30. The fourth-order valence-electron chi connectivity index (χ4n) is 1.56. The molecule has 1 saturated carbocycles. The van der Waals surface area contributed by atoms with Crippen molar-refractivity contribution in [1.82, 2.24) is 0 Å². The van der Waals surface area contributed by atoms with Crippen molar-refractivity contribution in [3.05, 3.63) is 24.2 Å². The first-order valence-electron chi connectivity index (χ1n) is 3.70. The second kappa shape index (κ2) is 2.09. The van der Waals surface area contributed by atoms with Crippen molar-refractivity contribution in [2.75, 3.05) is 0 Å². The number of furan rings is 1. The van der Waals surface area contributed by atoms with Crippen molar-refractivity contribution in [1.29, 1.82) is 0 Å². The average molecular weight is 153 g/mol. The van der Waals surface area contributed by atoms with Gasteiger partial charge in [0.25, 0.3) is 0 Å². The van der Waals surface area contributed by atoms with Gasteiger partial charge in [-0.15, -0.1) is 0 Å². The molecular weight excluding hydrogens is 142 g/mol. The summed E-state index contributed by atoms with van der Waals surface area (Å²) in [6, 6.07) is 1.85. The molecule has 0 atom stereocenters. The SMILES string of the molecule is NC1(c2ccoc2)CC(O)C1. The van der Waals surface area contributed by atoms with Crippen LogP contribution >= 0.6 is 0 Å². The minimum Gasteiger partial charge on any atom is -0.472 e. The summed E-state index contributed by atoms with van der Waals surface area (Å²) >= 11 is 0. The summed E-state index contributed by atoms with van der Waals surface area (Å²) in [6.07, 6.45) is 4.31. The molecule has 1 aromatic rings. The van der Waals surface area contributed by atoms with Gasteiger partial charge in [0.2, 0.25) is 0 Å². The lowest BCUT2D eigenvalue weighted by molar-refractivity contribution is 0.0207. The molecule has 0 aliphatic heterocycles. The Bertz CT molecular complexity index is 237. The van der Waals surface area contributed by atoms with Crippen LogP contribution in [0.1, 0.15) is 18.4 Å². The van der Waals surface area contributed by atoms with Gasteiger partial charge in [-0.3, -0.25) is 0 Å². The molecule has 3 N–H and O–H groups in total. The van der Waals surface area contributed by atoms with Gasteiger partial charge in [0.05, 0.1) is 18.6 Å². The highest BCUT2D eigenvalue weighted by molar-refractivity contribution is 5.22. The maximum absolute atomic E-state index is 9.07.